The molecule has 4 aromatic rings. The third kappa shape index (κ3) is 5.38. The number of amides is 1. The molecule has 0 bridgehead atoms. The molecule has 0 aliphatic rings. The lowest BCUT2D eigenvalue weighted by atomic mass is 10.1. The van der Waals surface area contributed by atoms with E-state index in [1.165, 1.54) is 0 Å². The van der Waals surface area contributed by atoms with Crippen LogP contribution in [0.15, 0.2) is 59.0 Å². The number of aromatic nitrogens is 4. The van der Waals surface area contributed by atoms with E-state index in [0.29, 0.717) is 22.5 Å². The molecule has 0 fully saturated rings. The van der Waals surface area contributed by atoms with Gasteiger partial charge in [-0.15, -0.1) is 10.2 Å². The normalized spacial score (nSPS) is 12.4. The summed E-state index contributed by atoms with van der Waals surface area (Å²) in [5.41, 5.74) is 2.67. The van der Waals surface area contributed by atoms with E-state index in [-0.39, 0.29) is 30.7 Å². The molecule has 0 saturated heterocycles. The molecule has 12 heteroatoms. The number of hydrogen-bond donors (Lipinski definition) is 3. The van der Waals surface area contributed by atoms with Crippen molar-refractivity contribution in [3.8, 4) is 28.6 Å². The van der Waals surface area contributed by atoms with Crippen LogP contribution in [0.4, 0.5) is 0 Å². The van der Waals surface area contributed by atoms with Gasteiger partial charge in [0.2, 0.25) is 5.78 Å². The summed E-state index contributed by atoms with van der Waals surface area (Å²) in [6.45, 7) is 5.37. The molecule has 0 radical (unpaired) electrons. The molecule has 0 aliphatic carbocycles. The van der Waals surface area contributed by atoms with Gasteiger partial charge in [-0.25, -0.2) is 0 Å². The maximum atomic E-state index is 13.7. The average molecular weight is 511 g/mol. The quantitative estimate of drug-likeness (QED) is 0.254. The molecule has 2 aromatic carbocycles. The van der Waals surface area contributed by atoms with E-state index in [1.54, 1.807) is 68.4 Å². The molecule has 11 nitrogen and oxygen atoms in total. The molecule has 2 aromatic heterocycles. The summed E-state index contributed by atoms with van der Waals surface area (Å²) >= 11 is 0. The lowest BCUT2D eigenvalue weighted by molar-refractivity contribution is 0.0931. The summed E-state index contributed by atoms with van der Waals surface area (Å²) in [5.74, 6) is -1.92. The zero-order valence-electron chi connectivity index (χ0n) is 20.0. The maximum Gasteiger partial charge on any atom is 0.362 e. The largest absolute Gasteiger partial charge is 0.507 e. The van der Waals surface area contributed by atoms with Gasteiger partial charge in [-0.1, -0.05) is 29.8 Å². The fourth-order valence-electron chi connectivity index (χ4n) is 3.45. The number of carbonyl (C=O) groups excluding carboxylic acids is 1. The van der Waals surface area contributed by atoms with Gasteiger partial charge in [0, 0.05) is 11.1 Å². The van der Waals surface area contributed by atoms with Crippen LogP contribution >= 0.6 is 7.60 Å². The van der Waals surface area contributed by atoms with E-state index in [1.807, 2.05) is 6.92 Å². The molecular weight excluding hydrogens is 485 g/mol. The van der Waals surface area contributed by atoms with Crippen molar-refractivity contribution in [2.75, 3.05) is 13.2 Å². The number of aromatic hydroxyl groups is 1. The second kappa shape index (κ2) is 10.9. The van der Waals surface area contributed by atoms with Gasteiger partial charge in [0.05, 0.1) is 18.9 Å². The SMILES string of the molecule is CCOP(=O)(OCC)C(NC(=O)c1ccc(C)cc1)c1nnc(-c2cc(-c3ccccc3O)n[nH]2)o1. The van der Waals surface area contributed by atoms with Crippen molar-refractivity contribution in [3.05, 3.63) is 71.6 Å². The van der Waals surface area contributed by atoms with Crippen molar-refractivity contribution in [2.24, 2.45) is 0 Å². The van der Waals surface area contributed by atoms with Crippen molar-refractivity contribution in [2.45, 2.75) is 26.6 Å². The Morgan fingerprint density at radius 2 is 1.81 bits per heavy atom. The molecule has 1 atom stereocenters. The van der Waals surface area contributed by atoms with Crippen molar-refractivity contribution < 1.29 is 27.9 Å². The second-order valence-electron chi connectivity index (χ2n) is 7.75. The van der Waals surface area contributed by atoms with Gasteiger partial charge >= 0.3 is 7.60 Å². The van der Waals surface area contributed by atoms with Gasteiger partial charge in [0.15, 0.2) is 0 Å². The first-order valence-electron chi connectivity index (χ1n) is 11.3. The van der Waals surface area contributed by atoms with E-state index in [4.69, 9.17) is 13.5 Å². The molecule has 0 aliphatic heterocycles. The van der Waals surface area contributed by atoms with Crippen LogP contribution in [0.3, 0.4) is 0 Å². The fourth-order valence-corrected chi connectivity index (χ4v) is 5.19. The minimum Gasteiger partial charge on any atom is -0.507 e. The van der Waals surface area contributed by atoms with Gasteiger partial charge in [0.25, 0.3) is 17.7 Å². The molecule has 1 unspecified atom stereocenters. The van der Waals surface area contributed by atoms with Gasteiger partial charge in [0.1, 0.15) is 11.4 Å². The molecule has 1 amide bonds. The van der Waals surface area contributed by atoms with Crippen molar-refractivity contribution in [3.63, 3.8) is 0 Å². The number of nitrogens with one attached hydrogen (secondary N) is 2. The lowest BCUT2D eigenvalue weighted by Gasteiger charge is -2.24. The Hall–Kier alpha value is -3.79. The number of phenols is 1. The number of benzene rings is 2. The number of H-pyrrole nitrogens is 1. The highest BCUT2D eigenvalue weighted by Gasteiger charge is 2.42. The van der Waals surface area contributed by atoms with Crippen molar-refractivity contribution in [1.82, 2.24) is 25.7 Å². The summed E-state index contributed by atoms with van der Waals surface area (Å²) < 4.78 is 30.4. The number of aromatic amines is 1. The molecular formula is C24H26N5O6P. The highest BCUT2D eigenvalue weighted by Crippen LogP contribution is 2.59. The summed E-state index contributed by atoms with van der Waals surface area (Å²) in [6, 6.07) is 15.2. The lowest BCUT2D eigenvalue weighted by Crippen LogP contribution is -2.30. The smallest absolute Gasteiger partial charge is 0.362 e. The van der Waals surface area contributed by atoms with Gasteiger partial charge in [-0.2, -0.15) is 5.10 Å². The van der Waals surface area contributed by atoms with Gasteiger partial charge < -0.3 is 23.9 Å². The number of hydrogen-bond acceptors (Lipinski definition) is 9. The number of rotatable bonds is 10. The first-order chi connectivity index (χ1) is 17.3. The van der Waals surface area contributed by atoms with Crippen LogP contribution in [-0.2, 0) is 13.6 Å². The van der Waals surface area contributed by atoms with E-state index in [2.05, 4.69) is 25.7 Å². The van der Waals surface area contributed by atoms with Crippen LogP contribution in [0.1, 0.15) is 41.4 Å². The highest BCUT2D eigenvalue weighted by atomic mass is 31.2. The van der Waals surface area contributed by atoms with E-state index >= 15 is 0 Å². The standard InChI is InChI=1S/C24H26N5O6P/c1-4-33-36(32,34-5-2)24(25-21(31)16-12-10-15(3)11-13-16)23-29-28-22(35-23)19-14-18(26-27-19)17-8-6-7-9-20(17)30/h6-14,24,30H,4-5H2,1-3H3,(H,25,31)(H,26,27). The Morgan fingerprint density at radius 3 is 2.47 bits per heavy atom. The summed E-state index contributed by atoms with van der Waals surface area (Å²) in [5, 5.41) is 27.8. The Kier molecular flexibility index (Phi) is 7.64. The van der Waals surface area contributed by atoms with Gasteiger partial charge in [-0.3, -0.25) is 14.5 Å². The van der Waals surface area contributed by atoms with Crippen molar-refractivity contribution in [1.29, 1.82) is 0 Å². The monoisotopic (exact) mass is 511 g/mol. The number of nitrogens with zero attached hydrogens (tertiary/aromatic N) is 3. The minimum atomic E-state index is -3.95. The molecule has 4 rings (SSSR count). The number of carbonyl (C=O) groups is 1. The Morgan fingerprint density at radius 1 is 1.11 bits per heavy atom. The molecule has 0 saturated carbocycles. The predicted molar refractivity (Wildman–Crippen MR) is 131 cm³/mol. The molecule has 3 N–H and O–H groups in total. The third-order valence-electron chi connectivity index (χ3n) is 5.18. The van der Waals surface area contributed by atoms with Crippen LogP contribution < -0.4 is 5.32 Å². The summed E-state index contributed by atoms with van der Waals surface area (Å²) in [7, 11) is -3.95. The van der Waals surface area contributed by atoms with Crippen LogP contribution in [0.2, 0.25) is 0 Å². The number of aryl methyl sites for hydroxylation is 1. The zero-order chi connectivity index (χ0) is 25.7. The highest BCUT2D eigenvalue weighted by molar-refractivity contribution is 7.54. The minimum absolute atomic E-state index is 0.0355. The summed E-state index contributed by atoms with van der Waals surface area (Å²) in [4.78, 5) is 13.0. The van der Waals surface area contributed by atoms with E-state index in [0.717, 1.165) is 5.56 Å². The molecule has 36 heavy (non-hydrogen) atoms. The van der Waals surface area contributed by atoms with Crippen LogP contribution in [0.5, 0.6) is 5.75 Å². The summed E-state index contributed by atoms with van der Waals surface area (Å²) in [6.07, 6.45) is 0. The molecule has 2 heterocycles. The topological polar surface area (TPSA) is 152 Å². The van der Waals surface area contributed by atoms with Gasteiger partial charge in [-0.05, 0) is 51.1 Å². The van der Waals surface area contributed by atoms with Crippen LogP contribution in [0, 0.1) is 6.92 Å². The Bertz CT molecular complexity index is 1370. The maximum absolute atomic E-state index is 13.7. The van der Waals surface area contributed by atoms with Crippen LogP contribution in [-0.4, -0.2) is 44.6 Å². The third-order valence-corrected chi connectivity index (χ3v) is 7.40. The zero-order valence-corrected chi connectivity index (χ0v) is 20.9. The average Bonchev–Trinajstić information content (AvgIpc) is 3.53. The fraction of sp³-hybridized carbons (Fsp3) is 0.250. The van der Waals surface area contributed by atoms with E-state index in [9.17, 15) is 14.5 Å². The molecule has 0 spiro atoms. The Balaban J connectivity index is 1.67. The number of phenolic OH excluding ortho intramolecular Hbond substituents is 1. The first kappa shape index (κ1) is 25.3. The first-order valence-corrected chi connectivity index (χ1v) is 12.9. The van der Waals surface area contributed by atoms with Crippen molar-refractivity contribution >= 4 is 13.5 Å². The number of para-hydroxylation sites is 1. The van der Waals surface area contributed by atoms with E-state index < -0.39 is 19.3 Å². The second-order valence-corrected chi connectivity index (χ2v) is 9.86. The predicted octanol–water partition coefficient (Wildman–Crippen LogP) is 4.84. The van der Waals surface area contributed by atoms with Crippen LogP contribution in [0.25, 0.3) is 22.8 Å². The Labute approximate surface area is 207 Å². The molecule has 188 valence electrons.